The molecule has 2 N–H and O–H groups in total. The van der Waals surface area contributed by atoms with Gasteiger partial charge >= 0.3 is 0 Å². The van der Waals surface area contributed by atoms with Crippen LogP contribution in [0.5, 0.6) is 0 Å². The van der Waals surface area contributed by atoms with Gasteiger partial charge in [-0.05, 0) is 67.5 Å². The van der Waals surface area contributed by atoms with Gasteiger partial charge in [0.15, 0.2) is 5.69 Å². The highest BCUT2D eigenvalue weighted by Gasteiger charge is 2.39. The third kappa shape index (κ3) is 3.98. The van der Waals surface area contributed by atoms with E-state index in [2.05, 4.69) is 33.1 Å². The van der Waals surface area contributed by atoms with E-state index in [1.54, 1.807) is 18.3 Å². The zero-order chi connectivity index (χ0) is 25.7. The number of carbonyl (C=O) groups is 4. The van der Waals surface area contributed by atoms with Gasteiger partial charge in [0.2, 0.25) is 11.8 Å². The summed E-state index contributed by atoms with van der Waals surface area (Å²) in [6, 6.07) is 12.8. The molecule has 2 unspecified atom stereocenters. The second-order valence-corrected chi connectivity index (χ2v) is 10.1. The molecule has 188 valence electrons. The van der Waals surface area contributed by atoms with Crippen molar-refractivity contribution in [1.29, 1.82) is 0 Å². The topological polar surface area (TPSA) is 126 Å². The van der Waals surface area contributed by atoms with Crippen molar-refractivity contribution in [2.45, 2.75) is 57.2 Å². The van der Waals surface area contributed by atoms with Crippen LogP contribution in [-0.2, 0) is 28.1 Å². The molecule has 3 aromatic rings. The lowest BCUT2D eigenvalue weighted by molar-refractivity contribution is -0.136. The summed E-state index contributed by atoms with van der Waals surface area (Å²) in [6.07, 6.45) is 4.92. The highest BCUT2D eigenvalue weighted by Crippen LogP contribution is 2.35. The molecule has 4 amide bonds. The zero-order valence-corrected chi connectivity index (χ0v) is 20.4. The second-order valence-electron chi connectivity index (χ2n) is 10.1. The molecule has 1 aliphatic carbocycles. The minimum Gasteiger partial charge on any atom is -0.341 e. The van der Waals surface area contributed by atoms with Crippen LogP contribution in [0.25, 0.3) is 5.69 Å². The molecule has 1 fully saturated rings. The Bertz CT molecular complexity index is 1460. The lowest BCUT2D eigenvalue weighted by Crippen LogP contribution is -2.52. The Balaban J connectivity index is 1.20. The number of hydrogen-bond acceptors (Lipinski definition) is 6. The van der Waals surface area contributed by atoms with Gasteiger partial charge in [-0.25, -0.2) is 4.68 Å². The molecule has 0 radical (unpaired) electrons. The van der Waals surface area contributed by atoms with E-state index >= 15 is 0 Å². The minimum absolute atomic E-state index is 0.200. The van der Waals surface area contributed by atoms with E-state index in [4.69, 9.17) is 0 Å². The fourth-order valence-electron chi connectivity index (χ4n) is 5.69. The van der Waals surface area contributed by atoms with E-state index in [-0.39, 0.29) is 36.4 Å². The summed E-state index contributed by atoms with van der Waals surface area (Å²) >= 11 is 0. The number of aryl methyl sites for hydroxylation is 1. The van der Waals surface area contributed by atoms with Crippen molar-refractivity contribution in [3.63, 3.8) is 0 Å². The third-order valence-electron chi connectivity index (χ3n) is 7.62. The summed E-state index contributed by atoms with van der Waals surface area (Å²) < 4.78 is 1.51. The van der Waals surface area contributed by atoms with E-state index in [0.717, 1.165) is 30.4 Å². The van der Waals surface area contributed by atoms with Crippen LogP contribution in [0.4, 0.5) is 0 Å². The first kappa shape index (κ1) is 23.1. The van der Waals surface area contributed by atoms with Crippen molar-refractivity contribution < 1.29 is 19.2 Å². The zero-order valence-electron chi connectivity index (χ0n) is 20.4. The van der Waals surface area contributed by atoms with Crippen LogP contribution in [0.1, 0.15) is 70.1 Å². The third-order valence-corrected chi connectivity index (χ3v) is 7.62. The molecule has 1 saturated heterocycles. The smallest absolute Gasteiger partial charge is 0.274 e. The Kier molecular flexibility index (Phi) is 5.40. The number of fused-ring (bicyclic) bond motifs is 2. The fraction of sp³-hybridized carbons (Fsp3) is 0.333. The predicted molar refractivity (Wildman–Crippen MR) is 132 cm³/mol. The maximum atomic E-state index is 13.1. The predicted octanol–water partition coefficient (Wildman–Crippen LogP) is 2.01. The molecule has 10 heteroatoms. The highest BCUT2D eigenvalue weighted by molar-refractivity contribution is 6.05. The molecule has 6 rings (SSSR count). The standard InChI is InChI=1S/C27H26N6O4/c1-27(12-4-6-16-5-2-3-7-20(16)27)29-24(35)21-15-33(31-30-21)18-8-9-19-17(13-18)14-32(26(19)37)22-10-11-23(34)28-25(22)36/h2-3,5,7-9,13,15,22H,4,6,10-12,14H2,1H3,(H,29,35)(H,28,34,36). The van der Waals surface area contributed by atoms with Gasteiger partial charge in [-0.2, -0.15) is 0 Å². The van der Waals surface area contributed by atoms with Crippen molar-refractivity contribution in [3.05, 3.63) is 76.6 Å². The van der Waals surface area contributed by atoms with Gasteiger partial charge in [0.1, 0.15) is 6.04 Å². The molecule has 1 aromatic heterocycles. The average Bonchev–Trinajstić information content (AvgIpc) is 3.50. The van der Waals surface area contributed by atoms with E-state index < -0.39 is 17.5 Å². The number of hydrogen-bond donors (Lipinski definition) is 2. The van der Waals surface area contributed by atoms with Crippen LogP contribution in [-0.4, -0.2) is 49.6 Å². The van der Waals surface area contributed by atoms with E-state index in [0.29, 0.717) is 17.7 Å². The first-order chi connectivity index (χ1) is 17.8. The number of nitrogens with one attached hydrogen (secondary N) is 2. The molecular weight excluding hydrogens is 472 g/mol. The van der Waals surface area contributed by atoms with Crippen LogP contribution in [0.15, 0.2) is 48.7 Å². The Morgan fingerprint density at radius 1 is 1.11 bits per heavy atom. The molecule has 0 saturated carbocycles. The van der Waals surface area contributed by atoms with Gasteiger partial charge in [0.05, 0.1) is 17.4 Å². The summed E-state index contributed by atoms with van der Waals surface area (Å²) in [7, 11) is 0. The van der Waals surface area contributed by atoms with Gasteiger partial charge in [-0.1, -0.05) is 29.5 Å². The van der Waals surface area contributed by atoms with Crippen LogP contribution in [0.3, 0.4) is 0 Å². The molecule has 0 bridgehead atoms. The van der Waals surface area contributed by atoms with Gasteiger partial charge in [-0.3, -0.25) is 24.5 Å². The molecule has 2 atom stereocenters. The number of aromatic nitrogens is 3. The summed E-state index contributed by atoms with van der Waals surface area (Å²) in [5.41, 5.74) is 4.01. The summed E-state index contributed by atoms with van der Waals surface area (Å²) in [5, 5.41) is 13.7. The Hall–Kier alpha value is -4.34. The van der Waals surface area contributed by atoms with E-state index in [1.807, 2.05) is 25.1 Å². The van der Waals surface area contributed by atoms with Crippen molar-refractivity contribution >= 4 is 23.6 Å². The van der Waals surface area contributed by atoms with Crippen molar-refractivity contribution in [1.82, 2.24) is 30.5 Å². The van der Waals surface area contributed by atoms with Gasteiger partial charge in [0.25, 0.3) is 11.8 Å². The highest BCUT2D eigenvalue weighted by atomic mass is 16.2. The molecule has 10 nitrogen and oxygen atoms in total. The number of amides is 4. The maximum absolute atomic E-state index is 13.1. The van der Waals surface area contributed by atoms with Crippen LogP contribution >= 0.6 is 0 Å². The first-order valence-electron chi connectivity index (χ1n) is 12.4. The van der Waals surface area contributed by atoms with E-state index in [1.165, 1.54) is 15.1 Å². The van der Waals surface area contributed by atoms with Gasteiger partial charge < -0.3 is 10.2 Å². The number of nitrogens with zero attached hydrogens (tertiary/aromatic N) is 4. The summed E-state index contributed by atoms with van der Waals surface area (Å²) in [6.45, 7) is 2.30. The number of carbonyl (C=O) groups excluding carboxylic acids is 4. The maximum Gasteiger partial charge on any atom is 0.274 e. The van der Waals surface area contributed by atoms with E-state index in [9.17, 15) is 19.2 Å². The van der Waals surface area contributed by atoms with Gasteiger partial charge in [0, 0.05) is 18.5 Å². The van der Waals surface area contributed by atoms with Crippen molar-refractivity contribution in [2.24, 2.45) is 0 Å². The average molecular weight is 499 g/mol. The molecule has 2 aromatic carbocycles. The normalized spacial score (nSPS) is 22.9. The molecule has 0 spiro atoms. The van der Waals surface area contributed by atoms with Crippen molar-refractivity contribution in [2.75, 3.05) is 0 Å². The van der Waals surface area contributed by atoms with Gasteiger partial charge in [-0.15, -0.1) is 5.10 Å². The SMILES string of the molecule is CC1(NC(=O)c2cn(-c3ccc4c(c3)CN(C3CCC(=O)NC3=O)C4=O)nn2)CCCc2ccccc21. The molecule has 3 aliphatic rings. The Labute approximate surface area is 213 Å². The van der Waals surface area contributed by atoms with Crippen molar-refractivity contribution in [3.8, 4) is 5.69 Å². The number of imide groups is 1. The quantitative estimate of drug-likeness (QED) is 0.530. The molecule has 2 aliphatic heterocycles. The molecule has 37 heavy (non-hydrogen) atoms. The summed E-state index contributed by atoms with van der Waals surface area (Å²) in [5.74, 6) is -1.30. The number of piperidine rings is 1. The second kappa shape index (κ2) is 8.65. The first-order valence-corrected chi connectivity index (χ1v) is 12.4. The lowest BCUT2D eigenvalue weighted by atomic mass is 9.77. The minimum atomic E-state index is -0.672. The molecule has 3 heterocycles. The number of rotatable bonds is 4. The summed E-state index contributed by atoms with van der Waals surface area (Å²) in [4.78, 5) is 51.4. The van der Waals surface area contributed by atoms with Crippen LogP contribution in [0, 0.1) is 0 Å². The lowest BCUT2D eigenvalue weighted by Gasteiger charge is -2.36. The van der Waals surface area contributed by atoms with Crippen LogP contribution in [0.2, 0.25) is 0 Å². The van der Waals surface area contributed by atoms with Crippen LogP contribution < -0.4 is 10.6 Å². The Morgan fingerprint density at radius 2 is 1.95 bits per heavy atom. The molecular formula is C27H26N6O4. The number of benzene rings is 2. The monoisotopic (exact) mass is 498 g/mol. The fourth-order valence-corrected chi connectivity index (χ4v) is 5.69. The largest absolute Gasteiger partial charge is 0.341 e. The Morgan fingerprint density at radius 3 is 2.78 bits per heavy atom.